The van der Waals surface area contributed by atoms with Crippen LogP contribution in [0.25, 0.3) is 17.4 Å². The van der Waals surface area contributed by atoms with Crippen molar-refractivity contribution >= 4 is 62.5 Å². The highest BCUT2D eigenvalue weighted by Crippen LogP contribution is 2.49. The number of rotatable bonds is 3. The quantitative estimate of drug-likeness (QED) is 0.495. The van der Waals surface area contributed by atoms with Gasteiger partial charge in [0.2, 0.25) is 0 Å². The highest BCUT2D eigenvalue weighted by atomic mass is 35.5. The molecule has 0 radical (unpaired) electrons. The zero-order chi connectivity index (χ0) is 19.2. The highest BCUT2D eigenvalue weighted by Gasteiger charge is 2.42. The van der Waals surface area contributed by atoms with Gasteiger partial charge in [0.05, 0.1) is 16.7 Å². The van der Waals surface area contributed by atoms with E-state index in [1.807, 2.05) is 24.3 Å². The molecule has 0 aliphatic carbocycles. The third-order valence-electron chi connectivity index (χ3n) is 4.44. The van der Waals surface area contributed by atoms with E-state index in [0.717, 1.165) is 5.56 Å². The number of halogens is 1. The van der Waals surface area contributed by atoms with Crippen LogP contribution in [-0.4, -0.2) is 41.8 Å². The minimum absolute atomic E-state index is 0.187. The number of carbonyl (C=O) groups excluding carboxylic acids is 1. The zero-order valence-electron chi connectivity index (χ0n) is 14.0. The lowest BCUT2D eigenvalue weighted by Gasteiger charge is -2.28. The average Bonchev–Trinajstić information content (AvgIpc) is 3.27. The van der Waals surface area contributed by atoms with Crippen molar-refractivity contribution < 1.29 is 18.3 Å². The minimum Gasteiger partial charge on any atom is -0.457 e. The summed E-state index contributed by atoms with van der Waals surface area (Å²) in [6.45, 7) is 0. The van der Waals surface area contributed by atoms with Crippen molar-refractivity contribution in [3.63, 3.8) is 0 Å². The molecule has 2 aliphatic rings. The maximum absolute atomic E-state index is 12.8. The summed E-state index contributed by atoms with van der Waals surface area (Å²) in [6.07, 6.45) is 2.21. The molecule has 1 aromatic carbocycles. The van der Waals surface area contributed by atoms with E-state index < -0.39 is 10.6 Å². The van der Waals surface area contributed by atoms with Gasteiger partial charge in [-0.1, -0.05) is 47.7 Å². The molecule has 27 heavy (non-hydrogen) atoms. The summed E-state index contributed by atoms with van der Waals surface area (Å²) in [5.74, 6) is 1.49. The second-order valence-corrected chi connectivity index (χ2v) is 10.8. The topological polar surface area (TPSA) is 73.9 Å². The van der Waals surface area contributed by atoms with Gasteiger partial charge in [-0.2, -0.15) is 10.6 Å². The summed E-state index contributed by atoms with van der Waals surface area (Å²) in [5, 5.41) is 0.619. The molecule has 3 heterocycles. The van der Waals surface area contributed by atoms with Gasteiger partial charge >= 0.3 is 0 Å². The predicted molar refractivity (Wildman–Crippen MR) is 115 cm³/mol. The van der Waals surface area contributed by atoms with Gasteiger partial charge in [0, 0.05) is 22.4 Å². The number of hydrogen-bond acceptors (Lipinski definition) is 6. The van der Waals surface area contributed by atoms with Crippen molar-refractivity contribution in [1.82, 2.24) is 4.90 Å². The summed E-state index contributed by atoms with van der Waals surface area (Å²) >= 11 is 12.6. The number of benzene rings is 1. The molecule has 142 valence electrons. The van der Waals surface area contributed by atoms with E-state index >= 15 is 0 Å². The van der Waals surface area contributed by atoms with Crippen LogP contribution in [0, 0.1) is 0 Å². The first-order valence-corrected chi connectivity index (χ1v) is 11.7. The van der Waals surface area contributed by atoms with Crippen LogP contribution >= 0.6 is 46.2 Å². The SMILES string of the molecule is O=C1C(=Cc2ccc(-c3cccc(Cl)c3)o2)SC(=S)N1C1CCS(O)(O)C1. The van der Waals surface area contributed by atoms with Gasteiger partial charge in [-0.05, 0) is 30.7 Å². The second-order valence-electron chi connectivity index (χ2n) is 6.38. The zero-order valence-corrected chi connectivity index (χ0v) is 17.2. The summed E-state index contributed by atoms with van der Waals surface area (Å²) in [6, 6.07) is 10.7. The van der Waals surface area contributed by atoms with E-state index in [-0.39, 0.29) is 17.7 Å². The van der Waals surface area contributed by atoms with Gasteiger partial charge < -0.3 is 4.42 Å². The Balaban J connectivity index is 1.55. The number of thiocarbonyl (C=S) groups is 1. The molecule has 2 aromatic rings. The summed E-state index contributed by atoms with van der Waals surface area (Å²) in [5.41, 5.74) is 0.853. The standard InChI is InChI=1S/C18H16ClNO4S3/c19-12-3-1-2-11(8-12)15-5-4-14(24-15)9-16-17(21)20(18(25)26-16)13-6-7-27(22,23)10-13/h1-5,8-9,13,22-23H,6-7,10H2. The fourth-order valence-electron chi connectivity index (χ4n) is 3.15. The van der Waals surface area contributed by atoms with Crippen LogP contribution < -0.4 is 0 Å². The van der Waals surface area contributed by atoms with Gasteiger partial charge in [0.1, 0.15) is 15.8 Å². The maximum atomic E-state index is 12.8. The number of hydrogen-bond donors (Lipinski definition) is 2. The van der Waals surface area contributed by atoms with E-state index in [1.54, 1.807) is 18.2 Å². The lowest BCUT2D eigenvalue weighted by molar-refractivity contribution is -0.123. The first-order valence-electron chi connectivity index (χ1n) is 8.19. The summed E-state index contributed by atoms with van der Waals surface area (Å²) in [4.78, 5) is 14.8. The molecule has 1 atom stereocenters. The third kappa shape index (κ3) is 3.96. The first kappa shape index (κ1) is 19.0. The van der Waals surface area contributed by atoms with Crippen LogP contribution in [0.3, 0.4) is 0 Å². The Hall–Kier alpha value is -1.29. The number of furan rings is 1. The molecule has 9 heteroatoms. The maximum Gasteiger partial charge on any atom is 0.266 e. The molecule has 0 bridgehead atoms. The van der Waals surface area contributed by atoms with Crippen LogP contribution in [0.5, 0.6) is 0 Å². The smallest absolute Gasteiger partial charge is 0.266 e. The van der Waals surface area contributed by atoms with Gasteiger partial charge in [0.25, 0.3) is 5.91 Å². The van der Waals surface area contributed by atoms with Crippen molar-refractivity contribution in [1.29, 1.82) is 0 Å². The van der Waals surface area contributed by atoms with Crippen LogP contribution in [-0.2, 0) is 4.79 Å². The largest absolute Gasteiger partial charge is 0.457 e. The fraction of sp³-hybridized carbons (Fsp3) is 0.222. The molecular weight excluding hydrogens is 426 g/mol. The van der Waals surface area contributed by atoms with Crippen molar-refractivity contribution in [2.75, 3.05) is 11.5 Å². The molecular formula is C18H16ClNO4S3. The first-order chi connectivity index (χ1) is 12.8. The molecule has 2 fully saturated rings. The average molecular weight is 442 g/mol. The van der Waals surface area contributed by atoms with Crippen molar-refractivity contribution in [3.8, 4) is 11.3 Å². The Morgan fingerprint density at radius 3 is 2.85 bits per heavy atom. The molecule has 2 saturated heterocycles. The van der Waals surface area contributed by atoms with E-state index in [2.05, 4.69) is 0 Å². The fourth-order valence-corrected chi connectivity index (χ4v) is 6.47. The lowest BCUT2D eigenvalue weighted by atomic mass is 10.2. The molecule has 0 saturated carbocycles. The number of thioether (sulfide) groups is 1. The number of carbonyl (C=O) groups is 1. The van der Waals surface area contributed by atoms with Crippen LogP contribution in [0.2, 0.25) is 5.02 Å². The van der Waals surface area contributed by atoms with E-state index in [9.17, 15) is 13.9 Å². The van der Waals surface area contributed by atoms with Crippen molar-refractivity contribution in [2.45, 2.75) is 12.5 Å². The molecule has 1 amide bonds. The normalized spacial score (nSPS) is 24.8. The van der Waals surface area contributed by atoms with Gasteiger partial charge in [-0.3, -0.25) is 18.8 Å². The number of nitrogens with zero attached hydrogens (tertiary/aromatic N) is 1. The second kappa shape index (κ2) is 7.27. The molecule has 0 spiro atoms. The molecule has 1 aromatic heterocycles. The Kier molecular flexibility index (Phi) is 5.13. The lowest BCUT2D eigenvalue weighted by Crippen LogP contribution is -2.39. The summed E-state index contributed by atoms with van der Waals surface area (Å²) in [7, 11) is -2.60. The minimum atomic E-state index is -2.60. The predicted octanol–water partition coefficient (Wildman–Crippen LogP) is 5.32. The van der Waals surface area contributed by atoms with Gasteiger partial charge in [-0.15, -0.1) is 0 Å². The Morgan fingerprint density at radius 1 is 1.33 bits per heavy atom. The van der Waals surface area contributed by atoms with Crippen LogP contribution in [0.1, 0.15) is 12.2 Å². The van der Waals surface area contributed by atoms with Crippen molar-refractivity contribution in [2.24, 2.45) is 0 Å². The van der Waals surface area contributed by atoms with Gasteiger partial charge in [0.15, 0.2) is 0 Å². The van der Waals surface area contributed by atoms with Crippen LogP contribution in [0.4, 0.5) is 0 Å². The van der Waals surface area contributed by atoms with Gasteiger partial charge in [-0.25, -0.2) is 0 Å². The molecule has 2 N–H and O–H groups in total. The Bertz CT molecular complexity index is 956. The molecule has 4 rings (SSSR count). The van der Waals surface area contributed by atoms with E-state index in [0.29, 0.717) is 37.9 Å². The number of amides is 1. The van der Waals surface area contributed by atoms with Crippen molar-refractivity contribution in [3.05, 3.63) is 52.1 Å². The van der Waals surface area contributed by atoms with Crippen LogP contribution in [0.15, 0.2) is 45.7 Å². The Morgan fingerprint density at radius 2 is 2.15 bits per heavy atom. The Labute approximate surface area is 172 Å². The third-order valence-corrected chi connectivity index (χ3v) is 7.81. The highest BCUT2D eigenvalue weighted by molar-refractivity contribution is 8.27. The molecule has 1 unspecified atom stereocenters. The molecule has 5 nitrogen and oxygen atoms in total. The monoisotopic (exact) mass is 441 g/mol. The molecule has 2 aliphatic heterocycles. The van der Waals surface area contributed by atoms with E-state index in [1.165, 1.54) is 16.7 Å². The van der Waals surface area contributed by atoms with E-state index in [4.69, 9.17) is 28.2 Å². The summed E-state index contributed by atoms with van der Waals surface area (Å²) < 4.78 is 25.9.